The Balaban J connectivity index is 0.704. The molecule has 0 aliphatic carbocycles. The summed E-state index contributed by atoms with van der Waals surface area (Å²) in [4.78, 5) is 11.3. The smallest absolute Gasteiger partial charge is 0.355 e. The molecule has 8 heteroatoms. The molecule has 6 rings (SSSR count). The molecule has 0 amide bonds. The molecule has 4 unspecified atom stereocenters. The second kappa shape index (κ2) is 7.62. The Hall–Kier alpha value is -0.770. The molecule has 6 aliphatic rings. The van der Waals surface area contributed by atoms with Crippen LogP contribution in [0, 0.1) is 0 Å². The third-order valence-electron chi connectivity index (χ3n) is 7.82. The van der Waals surface area contributed by atoms with Crippen LogP contribution in [-0.4, -0.2) is 47.8 Å². The summed E-state index contributed by atoms with van der Waals surface area (Å²) in [5, 5.41) is 0. The second-order valence-electron chi connectivity index (χ2n) is 10.1. The molecule has 6 aliphatic heterocycles. The van der Waals surface area contributed by atoms with Crippen molar-refractivity contribution in [1.82, 2.24) is 0 Å². The van der Waals surface area contributed by atoms with Crippen molar-refractivity contribution < 1.29 is 38.0 Å². The van der Waals surface area contributed by atoms with Crippen molar-refractivity contribution in [2.24, 2.45) is 0 Å². The van der Waals surface area contributed by atoms with Gasteiger partial charge in [-0.25, -0.2) is 0 Å². The standard InChI is InChI=1S/C24H36O8/c1-2-26-19(25)17-15-13-11-9-7-5-3-4-6-8-10-12-14-16-18-20(27-18)21(28-20)22(29-21)23-24(30-22,31-23)32-23/h18H,2-17H2,1H3. The Morgan fingerprint density at radius 3 is 1.78 bits per heavy atom. The van der Waals surface area contributed by atoms with E-state index in [9.17, 15) is 4.79 Å². The van der Waals surface area contributed by atoms with Gasteiger partial charge in [0.1, 0.15) is 6.10 Å². The SMILES string of the molecule is CCOC(=O)CCCCCCCCCCCCCCCC1OC12OC21OC12OC13OC12O3. The van der Waals surface area contributed by atoms with Gasteiger partial charge in [-0.05, 0) is 19.8 Å². The van der Waals surface area contributed by atoms with Gasteiger partial charge in [0.15, 0.2) is 0 Å². The summed E-state index contributed by atoms with van der Waals surface area (Å²) < 4.78 is 38.7. The summed E-state index contributed by atoms with van der Waals surface area (Å²) in [5.41, 5.74) is 0. The summed E-state index contributed by atoms with van der Waals surface area (Å²) in [5.74, 6) is -3.65. The maximum Gasteiger partial charge on any atom is 0.355 e. The van der Waals surface area contributed by atoms with Gasteiger partial charge in [-0.1, -0.05) is 77.0 Å². The van der Waals surface area contributed by atoms with Crippen LogP contribution in [0.15, 0.2) is 0 Å². The highest BCUT2D eigenvalue weighted by Gasteiger charge is 3.27. The molecule has 0 N–H and O–H groups in total. The topological polar surface area (TPSA) is 98.2 Å². The van der Waals surface area contributed by atoms with Gasteiger partial charge in [-0.15, -0.1) is 0 Å². The molecule has 0 aromatic carbocycles. The maximum atomic E-state index is 11.3. The van der Waals surface area contributed by atoms with Crippen molar-refractivity contribution in [2.75, 3.05) is 6.61 Å². The molecule has 0 radical (unpaired) electrons. The molecular formula is C24H36O8. The van der Waals surface area contributed by atoms with E-state index in [1.54, 1.807) is 0 Å². The normalized spacial score (nSPS) is 44.8. The third-order valence-corrected chi connectivity index (χ3v) is 7.82. The fourth-order valence-electron chi connectivity index (χ4n) is 5.70. The number of carbonyl (C=O) groups is 1. The number of carbonyl (C=O) groups excluding carboxylic acids is 1. The fourth-order valence-corrected chi connectivity index (χ4v) is 5.70. The Morgan fingerprint density at radius 1 is 0.688 bits per heavy atom. The van der Waals surface area contributed by atoms with Gasteiger partial charge in [0.25, 0.3) is 11.6 Å². The molecule has 32 heavy (non-hydrogen) atoms. The van der Waals surface area contributed by atoms with Gasteiger partial charge in [0.2, 0.25) is 0 Å². The van der Waals surface area contributed by atoms with Gasteiger partial charge < -0.3 is 9.47 Å². The maximum absolute atomic E-state index is 11.3. The average Bonchev–Trinajstić information content (AvgIpc) is 3.62. The molecule has 0 saturated carbocycles. The first-order chi connectivity index (χ1) is 15.6. The van der Waals surface area contributed by atoms with Crippen molar-refractivity contribution in [1.29, 1.82) is 0 Å². The predicted molar refractivity (Wildman–Crippen MR) is 110 cm³/mol. The average molecular weight is 453 g/mol. The van der Waals surface area contributed by atoms with Crippen LogP contribution in [0.2, 0.25) is 0 Å². The minimum Gasteiger partial charge on any atom is -0.466 e. The lowest BCUT2D eigenvalue weighted by Gasteiger charge is -2.07. The number of hydrogen-bond donors (Lipinski definition) is 0. The van der Waals surface area contributed by atoms with Crippen LogP contribution in [-0.2, 0) is 38.0 Å². The van der Waals surface area contributed by atoms with Crippen molar-refractivity contribution in [3.63, 3.8) is 0 Å². The van der Waals surface area contributed by atoms with E-state index < -0.39 is 29.1 Å². The van der Waals surface area contributed by atoms with Crippen molar-refractivity contribution in [2.45, 2.75) is 138 Å². The molecule has 0 aromatic rings. The van der Waals surface area contributed by atoms with Crippen LogP contribution < -0.4 is 0 Å². The summed E-state index contributed by atoms with van der Waals surface area (Å²) >= 11 is 0. The highest BCUT2D eigenvalue weighted by molar-refractivity contribution is 5.69. The van der Waals surface area contributed by atoms with E-state index in [0.29, 0.717) is 13.0 Å². The van der Waals surface area contributed by atoms with Gasteiger partial charge in [0, 0.05) is 6.42 Å². The van der Waals surface area contributed by atoms with Crippen molar-refractivity contribution in [3.05, 3.63) is 0 Å². The zero-order valence-corrected chi connectivity index (χ0v) is 19.2. The number of esters is 1. The monoisotopic (exact) mass is 452 g/mol. The lowest BCUT2D eigenvalue weighted by atomic mass is 10.0. The van der Waals surface area contributed by atoms with E-state index in [2.05, 4.69) is 0 Å². The quantitative estimate of drug-likeness (QED) is 0.182. The van der Waals surface area contributed by atoms with E-state index in [0.717, 1.165) is 25.7 Å². The number of epoxide rings is 5. The summed E-state index contributed by atoms with van der Waals surface area (Å²) in [7, 11) is 0. The van der Waals surface area contributed by atoms with E-state index in [-0.39, 0.29) is 12.1 Å². The summed E-state index contributed by atoms with van der Waals surface area (Å²) in [6, 6.07) is 0. The van der Waals surface area contributed by atoms with Crippen molar-refractivity contribution in [3.8, 4) is 0 Å². The Morgan fingerprint density at radius 2 is 1.25 bits per heavy atom. The van der Waals surface area contributed by atoms with Crippen LogP contribution in [0.5, 0.6) is 0 Å². The summed E-state index contributed by atoms with van der Waals surface area (Å²) in [6.45, 7) is 2.35. The predicted octanol–water partition coefficient (Wildman–Crippen LogP) is 4.39. The van der Waals surface area contributed by atoms with Crippen molar-refractivity contribution >= 4 is 5.97 Å². The van der Waals surface area contributed by atoms with E-state index in [4.69, 9.17) is 33.2 Å². The highest BCUT2D eigenvalue weighted by atomic mass is 17.3. The molecule has 4 atom stereocenters. The molecule has 6 heterocycles. The molecule has 6 fully saturated rings. The number of ether oxygens (including phenoxy) is 7. The Kier molecular flexibility index (Phi) is 5.18. The first kappa shape index (κ1) is 21.7. The number of hydrogen-bond acceptors (Lipinski definition) is 8. The molecule has 0 aromatic heterocycles. The van der Waals surface area contributed by atoms with Gasteiger partial charge in [-0.3, -0.25) is 28.5 Å². The number of fused-ring (bicyclic) bond motifs is 2. The molecule has 0 bridgehead atoms. The van der Waals surface area contributed by atoms with Crippen LogP contribution in [0.1, 0.15) is 103 Å². The zero-order chi connectivity index (χ0) is 21.9. The number of unbranched alkanes of at least 4 members (excludes halogenated alkanes) is 12. The van der Waals surface area contributed by atoms with E-state index in [1.165, 1.54) is 64.2 Å². The van der Waals surface area contributed by atoms with Crippen LogP contribution in [0.3, 0.4) is 0 Å². The van der Waals surface area contributed by atoms with Gasteiger partial charge >= 0.3 is 23.5 Å². The largest absolute Gasteiger partial charge is 0.466 e. The molecule has 6 saturated heterocycles. The first-order valence-electron chi connectivity index (χ1n) is 12.9. The van der Waals surface area contributed by atoms with E-state index in [1.807, 2.05) is 6.92 Å². The lowest BCUT2D eigenvalue weighted by molar-refractivity contribution is -0.166. The fraction of sp³-hybridized carbons (Fsp3) is 0.958. The van der Waals surface area contributed by atoms with Crippen LogP contribution in [0.25, 0.3) is 0 Å². The van der Waals surface area contributed by atoms with Crippen LogP contribution in [0.4, 0.5) is 0 Å². The number of rotatable bonds is 17. The van der Waals surface area contributed by atoms with E-state index >= 15 is 0 Å². The molecule has 3 spiro atoms. The molecule has 180 valence electrons. The first-order valence-corrected chi connectivity index (χ1v) is 12.9. The second-order valence-corrected chi connectivity index (χ2v) is 10.1. The third kappa shape index (κ3) is 3.06. The molecule has 8 nitrogen and oxygen atoms in total. The Bertz CT molecular complexity index is 750. The lowest BCUT2D eigenvalue weighted by Crippen LogP contribution is -2.41. The van der Waals surface area contributed by atoms with Crippen LogP contribution >= 0.6 is 0 Å². The van der Waals surface area contributed by atoms with Gasteiger partial charge in [-0.2, -0.15) is 0 Å². The molecular weight excluding hydrogens is 416 g/mol. The highest BCUT2D eigenvalue weighted by Crippen LogP contribution is 2.97. The summed E-state index contributed by atoms with van der Waals surface area (Å²) in [6.07, 6.45) is 18.1. The zero-order valence-electron chi connectivity index (χ0n) is 19.2. The minimum atomic E-state index is -0.834. The van der Waals surface area contributed by atoms with Gasteiger partial charge in [0.05, 0.1) is 6.61 Å². The Labute approximate surface area is 189 Å². The minimum absolute atomic E-state index is 0.0505.